The van der Waals surface area contributed by atoms with Crippen LogP contribution >= 0.6 is 0 Å². The lowest BCUT2D eigenvalue weighted by molar-refractivity contribution is 0.660. The minimum absolute atomic E-state index is 0.0603. The molecule has 0 N–H and O–H groups in total. The maximum Gasteiger partial charge on any atom is 0.137 e. The predicted octanol–water partition coefficient (Wildman–Crippen LogP) is 9.67. The number of aryl methyl sites for hydroxylation is 1. The fourth-order valence-electron chi connectivity index (χ4n) is 5.97. The molecule has 36 heavy (non-hydrogen) atoms. The Labute approximate surface area is 211 Å². The molecule has 1 heterocycles. The number of nitrogens with zero attached hydrogens (tertiary/aromatic N) is 1. The van der Waals surface area contributed by atoms with Crippen molar-refractivity contribution in [2.24, 2.45) is 0 Å². The second-order valence-corrected chi connectivity index (χ2v) is 10.3. The molecule has 1 aliphatic rings. The van der Waals surface area contributed by atoms with E-state index in [-0.39, 0.29) is 5.41 Å². The number of rotatable bonds is 3. The van der Waals surface area contributed by atoms with Crippen LogP contribution in [0.2, 0.25) is 0 Å². The van der Waals surface area contributed by atoms with Gasteiger partial charge in [-0.1, -0.05) is 92.2 Å². The molecule has 2 heteroatoms. The maximum absolute atomic E-state index is 6.29. The van der Waals surface area contributed by atoms with Gasteiger partial charge >= 0.3 is 0 Å². The Morgan fingerprint density at radius 1 is 0.611 bits per heavy atom. The van der Waals surface area contributed by atoms with E-state index in [0.29, 0.717) is 0 Å². The van der Waals surface area contributed by atoms with Gasteiger partial charge in [0.15, 0.2) is 0 Å². The molecule has 1 aliphatic carbocycles. The van der Waals surface area contributed by atoms with Crippen molar-refractivity contribution in [2.45, 2.75) is 26.2 Å². The molecule has 7 rings (SSSR count). The smallest absolute Gasteiger partial charge is 0.137 e. The monoisotopic (exact) mass is 465 g/mol. The molecular weight excluding hydrogens is 438 g/mol. The van der Waals surface area contributed by atoms with E-state index in [0.717, 1.165) is 33.3 Å². The van der Waals surface area contributed by atoms with Crippen molar-refractivity contribution < 1.29 is 4.42 Å². The first kappa shape index (κ1) is 21.0. The van der Waals surface area contributed by atoms with Crippen molar-refractivity contribution in [1.29, 1.82) is 0 Å². The van der Waals surface area contributed by atoms with Crippen LogP contribution in [-0.2, 0) is 5.41 Å². The van der Waals surface area contributed by atoms with Crippen molar-refractivity contribution >= 4 is 39.0 Å². The highest BCUT2D eigenvalue weighted by Crippen LogP contribution is 2.54. The van der Waals surface area contributed by atoms with E-state index in [2.05, 4.69) is 123 Å². The van der Waals surface area contributed by atoms with Crippen LogP contribution in [0.15, 0.2) is 114 Å². The lowest BCUT2D eigenvalue weighted by Crippen LogP contribution is -2.16. The average Bonchev–Trinajstić information content (AvgIpc) is 3.39. The zero-order valence-electron chi connectivity index (χ0n) is 20.7. The van der Waals surface area contributed by atoms with Crippen LogP contribution in [0.3, 0.4) is 0 Å². The van der Waals surface area contributed by atoms with E-state index in [1.807, 2.05) is 12.1 Å². The lowest BCUT2D eigenvalue weighted by atomic mass is 9.82. The zero-order valence-corrected chi connectivity index (χ0v) is 20.7. The van der Waals surface area contributed by atoms with Gasteiger partial charge in [-0.3, -0.25) is 0 Å². The zero-order chi connectivity index (χ0) is 24.4. The summed E-state index contributed by atoms with van der Waals surface area (Å²) < 4.78 is 6.29. The van der Waals surface area contributed by atoms with E-state index in [1.54, 1.807) is 0 Å². The van der Waals surface area contributed by atoms with Gasteiger partial charge in [0.1, 0.15) is 11.2 Å². The molecule has 5 aromatic carbocycles. The van der Waals surface area contributed by atoms with Gasteiger partial charge in [0.25, 0.3) is 0 Å². The standard InChI is InChI=1S/C34H27NO/c1-22-18-20-23(21-19-22)35(29-15-9-17-31-33(29)25-11-5-7-16-30(25)36-31)28-14-8-13-27-32(28)24-10-4-6-12-26(24)34(27,2)3/h4-21H,1-3H3. The SMILES string of the molecule is Cc1ccc(N(c2cccc3c2-c2ccccc2C3(C)C)c2cccc3oc4ccccc4c23)cc1. The molecule has 0 saturated carbocycles. The Balaban J connectivity index is 1.59. The van der Waals surface area contributed by atoms with Gasteiger partial charge in [0, 0.05) is 22.1 Å². The topological polar surface area (TPSA) is 16.4 Å². The van der Waals surface area contributed by atoms with Crippen molar-refractivity contribution in [3.8, 4) is 11.1 Å². The van der Waals surface area contributed by atoms with Crippen LogP contribution in [0.1, 0.15) is 30.5 Å². The molecule has 6 aromatic rings. The highest BCUT2D eigenvalue weighted by atomic mass is 16.3. The normalized spacial score (nSPS) is 13.6. The molecule has 1 aromatic heterocycles. The third-order valence-corrected chi connectivity index (χ3v) is 7.74. The largest absolute Gasteiger partial charge is 0.456 e. The maximum atomic E-state index is 6.29. The van der Waals surface area contributed by atoms with Gasteiger partial charge in [0.2, 0.25) is 0 Å². The Hall–Kier alpha value is -4.30. The minimum Gasteiger partial charge on any atom is -0.456 e. The lowest BCUT2D eigenvalue weighted by Gasteiger charge is -2.29. The Kier molecular flexibility index (Phi) is 4.44. The molecule has 0 aliphatic heterocycles. The predicted molar refractivity (Wildman–Crippen MR) is 151 cm³/mol. The third-order valence-electron chi connectivity index (χ3n) is 7.74. The second kappa shape index (κ2) is 7.60. The van der Waals surface area contributed by atoms with Crippen LogP contribution in [0, 0.1) is 6.92 Å². The molecule has 0 radical (unpaired) electrons. The number of benzene rings is 5. The number of fused-ring (bicyclic) bond motifs is 6. The molecule has 174 valence electrons. The Bertz CT molecular complexity index is 1770. The molecule has 0 spiro atoms. The van der Waals surface area contributed by atoms with E-state index in [9.17, 15) is 0 Å². The summed E-state index contributed by atoms with van der Waals surface area (Å²) in [7, 11) is 0. The first-order valence-electron chi connectivity index (χ1n) is 12.5. The summed E-state index contributed by atoms with van der Waals surface area (Å²) in [5.41, 5.74) is 11.8. The Morgan fingerprint density at radius 3 is 2.14 bits per heavy atom. The van der Waals surface area contributed by atoms with Gasteiger partial charge in [-0.2, -0.15) is 0 Å². The van der Waals surface area contributed by atoms with Crippen LogP contribution in [-0.4, -0.2) is 0 Å². The molecule has 0 amide bonds. The van der Waals surface area contributed by atoms with Crippen LogP contribution in [0.4, 0.5) is 17.1 Å². The van der Waals surface area contributed by atoms with Gasteiger partial charge in [-0.05, 0) is 60.0 Å². The molecule has 0 unspecified atom stereocenters. The summed E-state index contributed by atoms with van der Waals surface area (Å²) in [4.78, 5) is 2.42. The van der Waals surface area contributed by atoms with Gasteiger partial charge in [-0.15, -0.1) is 0 Å². The third kappa shape index (κ3) is 2.91. The summed E-state index contributed by atoms with van der Waals surface area (Å²) in [6, 6.07) is 39.2. The van der Waals surface area contributed by atoms with Gasteiger partial charge in [-0.25, -0.2) is 0 Å². The van der Waals surface area contributed by atoms with Crippen LogP contribution in [0.5, 0.6) is 0 Å². The summed E-state index contributed by atoms with van der Waals surface area (Å²) in [5, 5.41) is 2.27. The first-order valence-corrected chi connectivity index (χ1v) is 12.5. The highest BCUT2D eigenvalue weighted by molar-refractivity contribution is 6.14. The number of hydrogen-bond donors (Lipinski definition) is 0. The number of hydrogen-bond acceptors (Lipinski definition) is 2. The summed E-state index contributed by atoms with van der Waals surface area (Å²) >= 11 is 0. The van der Waals surface area contributed by atoms with Gasteiger partial charge < -0.3 is 9.32 Å². The second-order valence-electron chi connectivity index (χ2n) is 10.3. The number of furan rings is 1. The van der Waals surface area contributed by atoms with Crippen molar-refractivity contribution in [3.63, 3.8) is 0 Å². The minimum atomic E-state index is -0.0603. The number of anilines is 3. The average molecular weight is 466 g/mol. The summed E-state index contributed by atoms with van der Waals surface area (Å²) in [6.45, 7) is 6.81. The molecule has 0 atom stereocenters. The van der Waals surface area contributed by atoms with E-state index < -0.39 is 0 Å². The van der Waals surface area contributed by atoms with E-state index in [1.165, 1.54) is 33.5 Å². The fraction of sp³-hybridized carbons (Fsp3) is 0.118. The number of para-hydroxylation sites is 1. The van der Waals surface area contributed by atoms with Crippen LogP contribution < -0.4 is 4.90 Å². The van der Waals surface area contributed by atoms with Gasteiger partial charge in [0.05, 0.1) is 16.8 Å². The molecular formula is C34H27NO. The van der Waals surface area contributed by atoms with E-state index >= 15 is 0 Å². The van der Waals surface area contributed by atoms with Crippen molar-refractivity contribution in [3.05, 3.63) is 126 Å². The fourth-order valence-corrected chi connectivity index (χ4v) is 5.97. The van der Waals surface area contributed by atoms with Crippen molar-refractivity contribution in [2.75, 3.05) is 4.90 Å². The Morgan fingerprint density at radius 2 is 1.28 bits per heavy atom. The molecule has 0 saturated heterocycles. The van der Waals surface area contributed by atoms with E-state index in [4.69, 9.17) is 4.42 Å². The molecule has 0 bridgehead atoms. The summed E-state index contributed by atoms with van der Waals surface area (Å²) in [6.07, 6.45) is 0. The first-order chi connectivity index (χ1) is 17.5. The highest BCUT2D eigenvalue weighted by Gasteiger charge is 2.37. The molecule has 0 fully saturated rings. The summed E-state index contributed by atoms with van der Waals surface area (Å²) in [5.74, 6) is 0. The quantitative estimate of drug-likeness (QED) is 0.259. The van der Waals surface area contributed by atoms with Crippen LogP contribution in [0.25, 0.3) is 33.1 Å². The van der Waals surface area contributed by atoms with Crippen molar-refractivity contribution in [1.82, 2.24) is 0 Å². The molecule has 2 nitrogen and oxygen atoms in total.